The summed E-state index contributed by atoms with van der Waals surface area (Å²) in [6, 6.07) is 4.63. The molecular formula is C12H19N3. The second kappa shape index (κ2) is 4.19. The van der Waals surface area contributed by atoms with Gasteiger partial charge in [0, 0.05) is 43.1 Å². The number of rotatable bonds is 4. The first-order valence-electron chi connectivity index (χ1n) is 5.61. The van der Waals surface area contributed by atoms with Gasteiger partial charge in [-0.2, -0.15) is 0 Å². The fraction of sp³-hybridized carbons (Fsp3) is 0.583. The first-order chi connectivity index (χ1) is 7.22. The molecule has 0 radical (unpaired) electrons. The van der Waals surface area contributed by atoms with Gasteiger partial charge in [0.15, 0.2) is 0 Å². The number of likely N-dealkylation sites (N-methyl/N-ethyl adjacent to an activating group) is 1. The Balaban J connectivity index is 2.16. The summed E-state index contributed by atoms with van der Waals surface area (Å²) in [6.45, 7) is 2.81. The standard InChI is InChI=1S/C12H19N3/c1-9(8-13)15(2)11-5-6-14-12(7-11)10-3-4-10/h5-7,9-10H,3-4,8,13H2,1-2H3. The molecule has 0 spiro atoms. The van der Waals surface area contributed by atoms with Crippen LogP contribution in [0.5, 0.6) is 0 Å². The molecule has 82 valence electrons. The molecule has 3 heteroatoms. The number of hydrogen-bond donors (Lipinski definition) is 1. The minimum Gasteiger partial charge on any atom is -0.371 e. The monoisotopic (exact) mass is 205 g/mol. The highest BCUT2D eigenvalue weighted by molar-refractivity contribution is 5.47. The molecule has 1 aliphatic carbocycles. The summed E-state index contributed by atoms with van der Waals surface area (Å²) in [5.41, 5.74) is 8.13. The summed E-state index contributed by atoms with van der Waals surface area (Å²) < 4.78 is 0. The Morgan fingerprint density at radius 3 is 2.93 bits per heavy atom. The molecule has 0 amide bonds. The molecule has 1 fully saturated rings. The fourth-order valence-corrected chi connectivity index (χ4v) is 1.67. The molecule has 2 N–H and O–H groups in total. The van der Waals surface area contributed by atoms with Crippen molar-refractivity contribution in [3.05, 3.63) is 24.0 Å². The minimum atomic E-state index is 0.374. The lowest BCUT2D eigenvalue weighted by Crippen LogP contribution is -2.35. The second-order valence-electron chi connectivity index (χ2n) is 4.41. The van der Waals surface area contributed by atoms with Crippen molar-refractivity contribution in [2.75, 3.05) is 18.5 Å². The fourth-order valence-electron chi connectivity index (χ4n) is 1.67. The highest BCUT2D eigenvalue weighted by Crippen LogP contribution is 2.39. The van der Waals surface area contributed by atoms with Gasteiger partial charge in [-0.05, 0) is 31.9 Å². The second-order valence-corrected chi connectivity index (χ2v) is 4.41. The topological polar surface area (TPSA) is 42.1 Å². The van der Waals surface area contributed by atoms with Crippen LogP contribution in [0.1, 0.15) is 31.4 Å². The van der Waals surface area contributed by atoms with Crippen LogP contribution in [0.4, 0.5) is 5.69 Å². The average Bonchev–Trinajstić information content (AvgIpc) is 3.11. The third kappa shape index (κ3) is 2.29. The van der Waals surface area contributed by atoms with Crippen molar-refractivity contribution in [2.24, 2.45) is 5.73 Å². The molecular weight excluding hydrogens is 186 g/mol. The van der Waals surface area contributed by atoms with Gasteiger partial charge in [0.1, 0.15) is 0 Å². The van der Waals surface area contributed by atoms with Crippen molar-refractivity contribution in [3.8, 4) is 0 Å². The zero-order valence-electron chi connectivity index (χ0n) is 9.48. The average molecular weight is 205 g/mol. The smallest absolute Gasteiger partial charge is 0.0455 e. The maximum atomic E-state index is 5.66. The Morgan fingerprint density at radius 1 is 1.60 bits per heavy atom. The van der Waals surface area contributed by atoms with Crippen molar-refractivity contribution in [3.63, 3.8) is 0 Å². The number of nitrogens with two attached hydrogens (primary N) is 1. The lowest BCUT2D eigenvalue weighted by molar-refractivity contribution is 0.694. The summed E-state index contributed by atoms with van der Waals surface area (Å²) in [5.74, 6) is 0.714. The van der Waals surface area contributed by atoms with Gasteiger partial charge in [-0.3, -0.25) is 4.98 Å². The Bertz CT molecular complexity index is 333. The Kier molecular flexibility index (Phi) is 2.91. The molecule has 0 saturated heterocycles. The molecule has 1 saturated carbocycles. The number of aromatic nitrogens is 1. The molecule has 1 atom stereocenters. The van der Waals surface area contributed by atoms with E-state index in [0.717, 1.165) is 0 Å². The summed E-state index contributed by atoms with van der Waals surface area (Å²) in [5, 5.41) is 0. The van der Waals surface area contributed by atoms with Crippen LogP contribution in [0.2, 0.25) is 0 Å². The largest absolute Gasteiger partial charge is 0.371 e. The normalized spacial score (nSPS) is 17.5. The van der Waals surface area contributed by atoms with E-state index in [1.54, 1.807) is 0 Å². The van der Waals surface area contributed by atoms with Gasteiger partial charge in [-0.25, -0.2) is 0 Å². The van der Waals surface area contributed by atoms with Crippen LogP contribution in [-0.4, -0.2) is 24.6 Å². The van der Waals surface area contributed by atoms with E-state index in [1.807, 2.05) is 6.20 Å². The van der Waals surface area contributed by atoms with Gasteiger partial charge in [-0.1, -0.05) is 0 Å². The maximum absolute atomic E-state index is 5.66. The molecule has 0 bridgehead atoms. The molecule has 1 aromatic heterocycles. The maximum Gasteiger partial charge on any atom is 0.0455 e. The SMILES string of the molecule is CC(CN)N(C)c1ccnc(C2CC2)c1. The third-order valence-electron chi connectivity index (χ3n) is 3.17. The number of nitrogens with zero attached hydrogens (tertiary/aromatic N) is 2. The van der Waals surface area contributed by atoms with Crippen molar-refractivity contribution in [1.82, 2.24) is 4.98 Å². The van der Waals surface area contributed by atoms with Crippen molar-refractivity contribution in [1.29, 1.82) is 0 Å². The predicted molar refractivity (Wildman–Crippen MR) is 63.1 cm³/mol. The van der Waals surface area contributed by atoms with Crippen molar-refractivity contribution in [2.45, 2.75) is 31.7 Å². The van der Waals surface area contributed by atoms with E-state index in [0.29, 0.717) is 18.5 Å². The van der Waals surface area contributed by atoms with Gasteiger partial charge in [0.05, 0.1) is 0 Å². The third-order valence-corrected chi connectivity index (χ3v) is 3.17. The zero-order chi connectivity index (χ0) is 10.8. The van der Waals surface area contributed by atoms with Crippen LogP contribution >= 0.6 is 0 Å². The number of hydrogen-bond acceptors (Lipinski definition) is 3. The van der Waals surface area contributed by atoms with E-state index in [2.05, 4.69) is 36.0 Å². The Hall–Kier alpha value is -1.09. The molecule has 1 unspecified atom stereocenters. The van der Waals surface area contributed by atoms with E-state index in [4.69, 9.17) is 5.73 Å². The van der Waals surface area contributed by atoms with Gasteiger partial charge in [-0.15, -0.1) is 0 Å². The summed E-state index contributed by atoms with van der Waals surface area (Å²) in [4.78, 5) is 6.63. The predicted octanol–water partition coefficient (Wildman–Crippen LogP) is 1.74. The first-order valence-corrected chi connectivity index (χ1v) is 5.61. The van der Waals surface area contributed by atoms with Crippen molar-refractivity contribution >= 4 is 5.69 Å². The van der Waals surface area contributed by atoms with E-state index in [-0.39, 0.29) is 0 Å². The quantitative estimate of drug-likeness (QED) is 0.814. The highest BCUT2D eigenvalue weighted by Gasteiger charge is 2.25. The van der Waals surface area contributed by atoms with E-state index >= 15 is 0 Å². The molecule has 0 aromatic carbocycles. The van der Waals surface area contributed by atoms with Crippen LogP contribution in [-0.2, 0) is 0 Å². The Labute approximate surface area is 91.3 Å². The molecule has 1 heterocycles. The lowest BCUT2D eigenvalue weighted by Gasteiger charge is -2.26. The highest BCUT2D eigenvalue weighted by atomic mass is 15.1. The van der Waals surface area contributed by atoms with Crippen LogP contribution in [0.3, 0.4) is 0 Å². The van der Waals surface area contributed by atoms with Crippen LogP contribution < -0.4 is 10.6 Å². The molecule has 2 rings (SSSR count). The molecule has 1 aromatic rings. The van der Waals surface area contributed by atoms with Gasteiger partial charge in [0.2, 0.25) is 0 Å². The number of pyridine rings is 1. The van der Waals surface area contributed by atoms with Crippen LogP contribution in [0.25, 0.3) is 0 Å². The van der Waals surface area contributed by atoms with Crippen LogP contribution in [0, 0.1) is 0 Å². The van der Waals surface area contributed by atoms with E-state index in [9.17, 15) is 0 Å². The minimum absolute atomic E-state index is 0.374. The molecule has 1 aliphatic rings. The zero-order valence-corrected chi connectivity index (χ0v) is 9.48. The van der Waals surface area contributed by atoms with E-state index in [1.165, 1.54) is 24.2 Å². The first kappa shape index (κ1) is 10.4. The Morgan fingerprint density at radius 2 is 2.33 bits per heavy atom. The molecule has 3 nitrogen and oxygen atoms in total. The van der Waals surface area contributed by atoms with E-state index < -0.39 is 0 Å². The molecule has 15 heavy (non-hydrogen) atoms. The van der Waals surface area contributed by atoms with Crippen LogP contribution in [0.15, 0.2) is 18.3 Å². The summed E-state index contributed by atoms with van der Waals surface area (Å²) in [7, 11) is 2.09. The van der Waals surface area contributed by atoms with Gasteiger partial charge >= 0.3 is 0 Å². The lowest BCUT2D eigenvalue weighted by atomic mass is 10.2. The molecule has 0 aliphatic heterocycles. The number of anilines is 1. The summed E-state index contributed by atoms with van der Waals surface area (Å²) in [6.07, 6.45) is 4.50. The van der Waals surface area contributed by atoms with Gasteiger partial charge in [0.25, 0.3) is 0 Å². The van der Waals surface area contributed by atoms with Crippen molar-refractivity contribution < 1.29 is 0 Å². The van der Waals surface area contributed by atoms with Gasteiger partial charge < -0.3 is 10.6 Å². The summed E-state index contributed by atoms with van der Waals surface area (Å²) >= 11 is 0.